The lowest BCUT2D eigenvalue weighted by atomic mass is 10.5. The van der Waals surface area contributed by atoms with E-state index in [0.29, 0.717) is 11.6 Å². The molecule has 0 aliphatic rings. The van der Waals surface area contributed by atoms with Gasteiger partial charge in [0.05, 0.1) is 12.1 Å². The second-order valence-corrected chi connectivity index (χ2v) is 1.38. The third-order valence-electron chi connectivity index (χ3n) is 0.623. The maximum atomic E-state index is 5.33. The van der Waals surface area contributed by atoms with Crippen molar-refractivity contribution in [2.45, 2.75) is 5.88 Å². The number of hydrogen-bond acceptors (Lipinski definition) is 2. The van der Waals surface area contributed by atoms with Crippen LogP contribution in [0.1, 0.15) is 5.76 Å². The van der Waals surface area contributed by atoms with Crippen LogP contribution in [0.4, 0.5) is 0 Å². The van der Waals surface area contributed by atoms with Crippen LogP contribution in [-0.2, 0) is 5.88 Å². The summed E-state index contributed by atoms with van der Waals surface area (Å²) in [5.74, 6) is 1.11. The highest BCUT2D eigenvalue weighted by Gasteiger charge is 1.88. The molecule has 3 heteroatoms. The molecule has 0 radical (unpaired) electrons. The topological polar surface area (TPSA) is 26.0 Å². The van der Waals surface area contributed by atoms with Crippen molar-refractivity contribution in [3.05, 3.63) is 18.0 Å². The van der Waals surface area contributed by atoms with Gasteiger partial charge in [0.1, 0.15) is 0 Å². The fourth-order valence-electron chi connectivity index (χ4n) is 0.311. The van der Waals surface area contributed by atoms with Gasteiger partial charge in [-0.3, -0.25) is 0 Å². The third-order valence-corrected chi connectivity index (χ3v) is 0.886. The molecular formula is C4H4ClNO. The van der Waals surface area contributed by atoms with Crippen molar-refractivity contribution < 1.29 is 4.52 Å². The Morgan fingerprint density at radius 1 is 1.86 bits per heavy atom. The van der Waals surface area contributed by atoms with Crippen LogP contribution in [0, 0.1) is 0 Å². The molecule has 7 heavy (non-hydrogen) atoms. The summed E-state index contributed by atoms with van der Waals surface area (Å²) >= 11 is 5.33. The van der Waals surface area contributed by atoms with Crippen LogP contribution in [0.2, 0.25) is 0 Å². The van der Waals surface area contributed by atoms with Gasteiger partial charge in [0.25, 0.3) is 0 Å². The van der Waals surface area contributed by atoms with Crippen LogP contribution in [0.15, 0.2) is 16.8 Å². The van der Waals surface area contributed by atoms with Gasteiger partial charge >= 0.3 is 0 Å². The molecule has 0 bridgehead atoms. The van der Waals surface area contributed by atoms with Crippen molar-refractivity contribution >= 4 is 11.6 Å². The summed E-state index contributed by atoms with van der Waals surface area (Å²) in [4.78, 5) is 0. The normalized spacial score (nSPS) is 9.29. The van der Waals surface area contributed by atoms with Crippen molar-refractivity contribution in [2.75, 3.05) is 0 Å². The fourth-order valence-corrected chi connectivity index (χ4v) is 0.449. The predicted molar refractivity (Wildman–Crippen MR) is 26.1 cm³/mol. The summed E-state index contributed by atoms with van der Waals surface area (Å²) in [5, 5.41) is 3.43. The van der Waals surface area contributed by atoms with Crippen LogP contribution in [0.3, 0.4) is 0 Å². The van der Waals surface area contributed by atoms with Gasteiger partial charge in [-0.1, -0.05) is 5.16 Å². The van der Waals surface area contributed by atoms with Crippen molar-refractivity contribution in [2.24, 2.45) is 0 Å². The van der Waals surface area contributed by atoms with Crippen molar-refractivity contribution in [1.29, 1.82) is 0 Å². The molecule has 1 aromatic heterocycles. The first-order valence-electron chi connectivity index (χ1n) is 1.89. The monoisotopic (exact) mass is 117 g/mol. The van der Waals surface area contributed by atoms with E-state index in [1.165, 1.54) is 0 Å². The molecule has 1 rings (SSSR count). The van der Waals surface area contributed by atoms with Crippen LogP contribution >= 0.6 is 11.6 Å². The summed E-state index contributed by atoms with van der Waals surface area (Å²) in [5.41, 5.74) is 0. The summed E-state index contributed by atoms with van der Waals surface area (Å²) in [6.07, 6.45) is 1.57. The van der Waals surface area contributed by atoms with Gasteiger partial charge < -0.3 is 4.52 Å². The Labute approximate surface area is 46.1 Å². The van der Waals surface area contributed by atoms with E-state index >= 15 is 0 Å². The first-order chi connectivity index (χ1) is 3.43. The second kappa shape index (κ2) is 1.98. The van der Waals surface area contributed by atoms with Gasteiger partial charge in [0.15, 0.2) is 5.76 Å². The average molecular weight is 118 g/mol. The van der Waals surface area contributed by atoms with E-state index in [2.05, 4.69) is 9.68 Å². The lowest BCUT2D eigenvalue weighted by molar-refractivity contribution is 0.394. The molecule has 0 atom stereocenters. The zero-order valence-corrected chi connectivity index (χ0v) is 4.35. The first-order valence-corrected chi connectivity index (χ1v) is 2.42. The molecule has 1 heterocycles. The quantitative estimate of drug-likeness (QED) is 0.520. The summed E-state index contributed by atoms with van der Waals surface area (Å²) in [6, 6.07) is 1.73. The molecule has 2 nitrogen and oxygen atoms in total. The standard InChI is InChI=1S/C4H4ClNO/c5-3-4-1-2-6-7-4/h1-2H,3H2. The summed E-state index contributed by atoms with van der Waals surface area (Å²) in [7, 11) is 0. The molecule has 0 aliphatic carbocycles. The zero-order chi connectivity index (χ0) is 5.11. The van der Waals surface area contributed by atoms with Gasteiger partial charge in [-0.15, -0.1) is 11.6 Å². The molecule has 0 fully saturated rings. The Hall–Kier alpha value is -0.500. The number of hydrogen-bond donors (Lipinski definition) is 0. The Kier molecular flexibility index (Phi) is 1.32. The van der Waals surface area contributed by atoms with E-state index in [0.717, 1.165) is 0 Å². The second-order valence-electron chi connectivity index (χ2n) is 1.11. The minimum absolute atomic E-state index is 0.403. The number of alkyl halides is 1. The van der Waals surface area contributed by atoms with Gasteiger partial charge in [-0.2, -0.15) is 0 Å². The Morgan fingerprint density at radius 3 is 3.00 bits per heavy atom. The number of nitrogens with zero attached hydrogens (tertiary/aromatic N) is 1. The molecule has 0 spiro atoms. The Balaban J connectivity index is 2.76. The van der Waals surface area contributed by atoms with E-state index in [1.54, 1.807) is 12.3 Å². The van der Waals surface area contributed by atoms with Gasteiger partial charge in [0, 0.05) is 6.07 Å². The Morgan fingerprint density at radius 2 is 2.71 bits per heavy atom. The van der Waals surface area contributed by atoms with Gasteiger partial charge in [0.2, 0.25) is 0 Å². The van der Waals surface area contributed by atoms with E-state index in [1.807, 2.05) is 0 Å². The molecule has 0 amide bonds. The van der Waals surface area contributed by atoms with E-state index < -0.39 is 0 Å². The molecular weight excluding hydrogens is 114 g/mol. The molecule has 0 unspecified atom stereocenters. The first kappa shape index (κ1) is 4.65. The molecule has 0 aliphatic heterocycles. The molecule has 0 N–H and O–H groups in total. The average Bonchev–Trinajstić information content (AvgIpc) is 2.14. The van der Waals surface area contributed by atoms with Crippen LogP contribution < -0.4 is 0 Å². The van der Waals surface area contributed by atoms with Crippen LogP contribution in [-0.4, -0.2) is 5.16 Å². The maximum Gasteiger partial charge on any atom is 0.151 e. The highest BCUT2D eigenvalue weighted by molar-refractivity contribution is 6.16. The third kappa shape index (κ3) is 0.933. The van der Waals surface area contributed by atoms with Gasteiger partial charge in [-0.25, -0.2) is 0 Å². The highest BCUT2D eigenvalue weighted by Crippen LogP contribution is 1.98. The highest BCUT2D eigenvalue weighted by atomic mass is 35.5. The van der Waals surface area contributed by atoms with E-state index in [-0.39, 0.29) is 0 Å². The molecule has 1 aromatic rings. The minimum Gasteiger partial charge on any atom is -0.360 e. The number of aromatic nitrogens is 1. The van der Waals surface area contributed by atoms with E-state index in [4.69, 9.17) is 11.6 Å². The minimum atomic E-state index is 0.403. The lowest BCUT2D eigenvalue weighted by Crippen LogP contribution is -1.63. The zero-order valence-electron chi connectivity index (χ0n) is 3.60. The maximum absolute atomic E-state index is 5.33. The van der Waals surface area contributed by atoms with Crippen LogP contribution in [0.25, 0.3) is 0 Å². The molecule has 0 aromatic carbocycles. The van der Waals surface area contributed by atoms with Crippen molar-refractivity contribution in [1.82, 2.24) is 5.16 Å². The molecule has 0 saturated carbocycles. The summed E-state index contributed by atoms with van der Waals surface area (Å²) in [6.45, 7) is 0. The smallest absolute Gasteiger partial charge is 0.151 e. The van der Waals surface area contributed by atoms with Crippen molar-refractivity contribution in [3.8, 4) is 0 Å². The van der Waals surface area contributed by atoms with Gasteiger partial charge in [-0.05, 0) is 0 Å². The van der Waals surface area contributed by atoms with E-state index in [9.17, 15) is 0 Å². The fraction of sp³-hybridized carbons (Fsp3) is 0.250. The number of halogens is 1. The lowest BCUT2D eigenvalue weighted by Gasteiger charge is -1.74. The Bertz CT molecular complexity index is 126. The molecule has 38 valence electrons. The molecule has 0 saturated heterocycles. The largest absolute Gasteiger partial charge is 0.360 e. The SMILES string of the molecule is ClCc1ccno1. The number of rotatable bonds is 1. The van der Waals surface area contributed by atoms with Crippen LogP contribution in [0.5, 0.6) is 0 Å². The predicted octanol–water partition coefficient (Wildman–Crippen LogP) is 1.41. The van der Waals surface area contributed by atoms with Crippen molar-refractivity contribution in [3.63, 3.8) is 0 Å². The summed E-state index contributed by atoms with van der Waals surface area (Å²) < 4.78 is 4.60.